The fraction of sp³-hybridized carbons (Fsp3) is 0.182. The molecule has 4 aromatic rings. The van der Waals surface area contributed by atoms with Gasteiger partial charge in [-0.05, 0) is 63.9 Å². The Labute approximate surface area is 141 Å². The summed E-state index contributed by atoms with van der Waals surface area (Å²) in [5.41, 5.74) is 4.01. The predicted molar refractivity (Wildman–Crippen MR) is 104 cm³/mol. The van der Waals surface area contributed by atoms with Gasteiger partial charge in [0.15, 0.2) is 0 Å². The van der Waals surface area contributed by atoms with Gasteiger partial charge in [0.1, 0.15) is 0 Å². The van der Waals surface area contributed by atoms with Crippen LogP contribution in [0.2, 0.25) is 0 Å². The van der Waals surface area contributed by atoms with Gasteiger partial charge in [-0.15, -0.1) is 11.3 Å². The van der Waals surface area contributed by atoms with Crippen LogP contribution in [0.15, 0.2) is 60.7 Å². The van der Waals surface area contributed by atoms with Crippen molar-refractivity contribution in [2.45, 2.75) is 26.7 Å². The average Bonchev–Trinajstić information content (AvgIpc) is 3.03. The number of aryl methyl sites for hydroxylation is 2. The molecule has 0 fully saturated rings. The molecule has 0 aliphatic rings. The van der Waals surface area contributed by atoms with Crippen LogP contribution in [-0.2, 0) is 12.8 Å². The summed E-state index contributed by atoms with van der Waals surface area (Å²) in [4.78, 5) is 1.46. The molecule has 0 saturated carbocycles. The Kier molecular flexibility index (Phi) is 3.66. The molecular weight excluding hydrogens is 296 g/mol. The zero-order valence-corrected chi connectivity index (χ0v) is 14.4. The smallest absolute Gasteiger partial charge is 0.0351 e. The zero-order chi connectivity index (χ0) is 15.8. The Morgan fingerprint density at radius 3 is 2.13 bits per heavy atom. The van der Waals surface area contributed by atoms with Crippen molar-refractivity contribution < 1.29 is 0 Å². The number of benzene rings is 3. The van der Waals surface area contributed by atoms with E-state index in [1.807, 2.05) is 11.3 Å². The summed E-state index contributed by atoms with van der Waals surface area (Å²) >= 11 is 1.91. The Morgan fingerprint density at radius 2 is 1.35 bits per heavy atom. The third-order valence-electron chi connectivity index (χ3n) is 4.57. The van der Waals surface area contributed by atoms with E-state index in [1.165, 1.54) is 42.4 Å². The molecule has 0 nitrogen and oxygen atoms in total. The summed E-state index contributed by atoms with van der Waals surface area (Å²) in [6.45, 7) is 4.43. The van der Waals surface area contributed by atoms with Crippen LogP contribution < -0.4 is 0 Å². The second-order valence-electron chi connectivity index (χ2n) is 6.07. The van der Waals surface area contributed by atoms with E-state index >= 15 is 0 Å². The van der Waals surface area contributed by atoms with E-state index in [4.69, 9.17) is 0 Å². The van der Waals surface area contributed by atoms with Gasteiger partial charge in [-0.25, -0.2) is 0 Å². The van der Waals surface area contributed by atoms with E-state index < -0.39 is 0 Å². The molecule has 0 radical (unpaired) electrons. The Balaban J connectivity index is 1.81. The first-order valence-electron chi connectivity index (χ1n) is 8.32. The molecule has 0 bridgehead atoms. The fourth-order valence-corrected chi connectivity index (χ4v) is 4.18. The summed E-state index contributed by atoms with van der Waals surface area (Å²) in [6.07, 6.45) is 2.21. The maximum absolute atomic E-state index is 2.33. The normalized spacial score (nSPS) is 11.4. The predicted octanol–water partition coefficient (Wildman–Crippen LogP) is 6.85. The minimum absolute atomic E-state index is 1.09. The van der Waals surface area contributed by atoms with Gasteiger partial charge in [0.05, 0.1) is 0 Å². The van der Waals surface area contributed by atoms with Crippen molar-refractivity contribution in [1.82, 2.24) is 0 Å². The average molecular weight is 316 g/mol. The second kappa shape index (κ2) is 5.82. The van der Waals surface area contributed by atoms with Crippen molar-refractivity contribution in [1.29, 1.82) is 0 Å². The van der Waals surface area contributed by atoms with Gasteiger partial charge >= 0.3 is 0 Å². The van der Waals surface area contributed by atoms with Crippen LogP contribution in [0.25, 0.3) is 32.0 Å². The standard InChI is InChI=1S/C22H20S/c1-3-15-5-6-17-12-18(8-7-16(17)11-15)19-9-10-20-13-21(4-2)23-22(20)14-19/h5-14H,3-4H2,1-2H3. The second-order valence-corrected chi connectivity index (χ2v) is 7.24. The topological polar surface area (TPSA) is 0 Å². The van der Waals surface area contributed by atoms with E-state index in [0.29, 0.717) is 0 Å². The summed E-state index contributed by atoms with van der Waals surface area (Å²) in [5.74, 6) is 0. The minimum atomic E-state index is 1.09. The molecule has 0 spiro atoms. The van der Waals surface area contributed by atoms with Crippen molar-refractivity contribution in [3.63, 3.8) is 0 Å². The van der Waals surface area contributed by atoms with E-state index in [9.17, 15) is 0 Å². The first kappa shape index (κ1) is 14.5. The first-order chi connectivity index (χ1) is 11.3. The largest absolute Gasteiger partial charge is 0.140 e. The highest BCUT2D eigenvalue weighted by Gasteiger charge is 2.05. The Morgan fingerprint density at radius 1 is 0.652 bits per heavy atom. The van der Waals surface area contributed by atoms with Crippen LogP contribution in [0.1, 0.15) is 24.3 Å². The van der Waals surface area contributed by atoms with Crippen molar-refractivity contribution in [3.8, 4) is 11.1 Å². The molecule has 0 N–H and O–H groups in total. The Bertz CT molecular complexity index is 991. The molecule has 114 valence electrons. The highest BCUT2D eigenvalue weighted by Crippen LogP contribution is 2.32. The van der Waals surface area contributed by atoms with Gasteiger partial charge in [0, 0.05) is 9.58 Å². The van der Waals surface area contributed by atoms with Crippen LogP contribution in [0.4, 0.5) is 0 Å². The summed E-state index contributed by atoms with van der Waals surface area (Å²) in [7, 11) is 0. The molecule has 0 aliphatic carbocycles. The molecule has 1 heterocycles. The van der Waals surface area contributed by atoms with Crippen molar-refractivity contribution >= 4 is 32.2 Å². The monoisotopic (exact) mass is 316 g/mol. The molecule has 0 amide bonds. The lowest BCUT2D eigenvalue weighted by molar-refractivity contribution is 1.15. The molecule has 1 heteroatoms. The van der Waals surface area contributed by atoms with Crippen LogP contribution in [0.3, 0.4) is 0 Å². The molecule has 1 aromatic heterocycles. The molecule has 23 heavy (non-hydrogen) atoms. The van der Waals surface area contributed by atoms with Gasteiger partial charge in [-0.2, -0.15) is 0 Å². The third-order valence-corrected chi connectivity index (χ3v) is 5.81. The summed E-state index contributed by atoms with van der Waals surface area (Å²) in [5, 5.41) is 4.02. The third kappa shape index (κ3) is 2.66. The van der Waals surface area contributed by atoms with Crippen LogP contribution >= 0.6 is 11.3 Å². The molecule has 0 saturated heterocycles. The van der Waals surface area contributed by atoms with Crippen LogP contribution in [0.5, 0.6) is 0 Å². The van der Waals surface area contributed by atoms with Crippen molar-refractivity contribution in [3.05, 3.63) is 71.1 Å². The van der Waals surface area contributed by atoms with Gasteiger partial charge in [-0.3, -0.25) is 0 Å². The SMILES string of the molecule is CCc1ccc2cc(-c3ccc4cc(CC)sc4c3)ccc2c1. The lowest BCUT2D eigenvalue weighted by atomic mass is 9.99. The molecular formula is C22H20S. The Hall–Kier alpha value is -2.12. The molecule has 0 atom stereocenters. The lowest BCUT2D eigenvalue weighted by Gasteiger charge is -2.06. The minimum Gasteiger partial charge on any atom is -0.140 e. The van der Waals surface area contributed by atoms with E-state index in [2.05, 4.69) is 74.5 Å². The van der Waals surface area contributed by atoms with Crippen LogP contribution in [0, 0.1) is 0 Å². The number of hydrogen-bond donors (Lipinski definition) is 0. The highest BCUT2D eigenvalue weighted by atomic mass is 32.1. The van der Waals surface area contributed by atoms with Crippen molar-refractivity contribution in [2.24, 2.45) is 0 Å². The fourth-order valence-electron chi connectivity index (χ4n) is 3.13. The zero-order valence-electron chi connectivity index (χ0n) is 13.6. The lowest BCUT2D eigenvalue weighted by Crippen LogP contribution is -1.82. The molecule has 0 aliphatic heterocycles. The van der Waals surface area contributed by atoms with Gasteiger partial charge in [-0.1, -0.05) is 56.3 Å². The molecule has 0 unspecified atom stereocenters. The highest BCUT2D eigenvalue weighted by molar-refractivity contribution is 7.19. The van der Waals surface area contributed by atoms with Gasteiger partial charge < -0.3 is 0 Å². The maximum atomic E-state index is 2.33. The van der Waals surface area contributed by atoms with Gasteiger partial charge in [0.25, 0.3) is 0 Å². The van der Waals surface area contributed by atoms with Crippen molar-refractivity contribution in [2.75, 3.05) is 0 Å². The summed E-state index contributed by atoms with van der Waals surface area (Å²) < 4.78 is 1.39. The number of thiophene rings is 1. The van der Waals surface area contributed by atoms with E-state index in [0.717, 1.165) is 12.8 Å². The summed E-state index contributed by atoms with van der Waals surface area (Å²) in [6, 6.07) is 22.7. The first-order valence-corrected chi connectivity index (χ1v) is 9.14. The molecule has 4 rings (SSSR count). The van der Waals surface area contributed by atoms with E-state index in [-0.39, 0.29) is 0 Å². The maximum Gasteiger partial charge on any atom is 0.0351 e. The number of fused-ring (bicyclic) bond motifs is 2. The number of hydrogen-bond acceptors (Lipinski definition) is 1. The quantitative estimate of drug-likeness (QED) is 0.388. The van der Waals surface area contributed by atoms with Gasteiger partial charge in [0.2, 0.25) is 0 Å². The van der Waals surface area contributed by atoms with E-state index in [1.54, 1.807) is 0 Å². The number of rotatable bonds is 3. The molecule has 3 aromatic carbocycles. The van der Waals surface area contributed by atoms with Crippen LogP contribution in [-0.4, -0.2) is 0 Å².